The Hall–Kier alpha value is -2.98. The molecule has 1 aromatic heterocycles. The molecule has 0 aliphatic carbocycles. The Morgan fingerprint density at radius 2 is 1.70 bits per heavy atom. The largest absolute Gasteiger partial charge is 0.497 e. The van der Waals surface area contributed by atoms with Crippen molar-refractivity contribution in [3.05, 3.63) is 65.3 Å². The Kier molecular flexibility index (Phi) is 4.99. The first kappa shape index (κ1) is 20.3. The number of aliphatic hydroxyl groups is 1. The molecule has 2 heterocycles. The van der Waals surface area contributed by atoms with Crippen molar-refractivity contribution in [3.8, 4) is 17.0 Å². The molecule has 0 amide bonds. The van der Waals surface area contributed by atoms with Gasteiger partial charge in [-0.1, -0.05) is 12.1 Å². The maximum absolute atomic E-state index is 13.8. The molecule has 0 radical (unpaired) electrons. The molecule has 1 unspecified atom stereocenters. The van der Waals surface area contributed by atoms with Gasteiger partial charge in [0.1, 0.15) is 11.6 Å². The Bertz CT molecular complexity index is 1080. The van der Waals surface area contributed by atoms with E-state index in [0.717, 1.165) is 23.5 Å². The van der Waals surface area contributed by atoms with Crippen LogP contribution in [0.1, 0.15) is 12.0 Å². The molecular weight excluding hydrogens is 422 g/mol. The average molecular weight is 437 g/mol. The number of methoxy groups -OCH3 is 1. The van der Waals surface area contributed by atoms with Gasteiger partial charge in [-0.25, -0.2) is 9.37 Å². The zero-order chi connectivity index (χ0) is 21.5. The highest BCUT2D eigenvalue weighted by atomic mass is 32.1. The summed E-state index contributed by atoms with van der Waals surface area (Å²) in [6.07, 6.45) is -5.80. The standard InChI is InChI=1S/C20H15F4N3O2S/c1-29-15-8-4-13(5-9-15)17-11-30-18(25-17)27-19(28,20(22,23)24)10-16(26-27)12-2-6-14(21)7-3-12/h2-9,11,28H,10H2,1H3. The van der Waals surface area contributed by atoms with Gasteiger partial charge >= 0.3 is 6.18 Å². The van der Waals surface area contributed by atoms with Crippen molar-refractivity contribution >= 4 is 22.2 Å². The van der Waals surface area contributed by atoms with Gasteiger partial charge in [0.2, 0.25) is 5.13 Å². The van der Waals surface area contributed by atoms with Crippen molar-refractivity contribution in [3.63, 3.8) is 0 Å². The summed E-state index contributed by atoms with van der Waals surface area (Å²) < 4.78 is 59.6. The maximum atomic E-state index is 13.8. The molecule has 4 rings (SSSR count). The van der Waals surface area contributed by atoms with E-state index in [4.69, 9.17) is 4.74 Å². The number of halogens is 4. The minimum atomic E-state index is -5.00. The minimum absolute atomic E-state index is 0.0176. The number of aromatic nitrogens is 1. The van der Waals surface area contributed by atoms with Crippen LogP contribution >= 0.6 is 11.3 Å². The third-order valence-corrected chi connectivity index (χ3v) is 5.49. The molecule has 0 saturated carbocycles. The number of benzene rings is 2. The van der Waals surface area contributed by atoms with Gasteiger partial charge in [-0.15, -0.1) is 11.3 Å². The van der Waals surface area contributed by atoms with E-state index in [-0.39, 0.29) is 16.4 Å². The van der Waals surface area contributed by atoms with Crippen molar-refractivity contribution in [1.29, 1.82) is 0 Å². The SMILES string of the molecule is COc1ccc(-c2csc(N3N=C(c4ccc(F)cc4)CC3(O)C(F)(F)F)n2)cc1. The van der Waals surface area contributed by atoms with E-state index in [2.05, 4.69) is 10.1 Å². The quantitative estimate of drug-likeness (QED) is 0.595. The molecule has 1 atom stereocenters. The first-order valence-corrected chi connectivity index (χ1v) is 9.62. The van der Waals surface area contributed by atoms with Crippen LogP contribution in [0, 0.1) is 5.82 Å². The summed E-state index contributed by atoms with van der Waals surface area (Å²) in [5.41, 5.74) is -1.88. The molecule has 10 heteroatoms. The molecular formula is C20H15F4N3O2S. The zero-order valence-corrected chi connectivity index (χ0v) is 16.3. The van der Waals surface area contributed by atoms with Crippen LogP contribution in [0.2, 0.25) is 0 Å². The van der Waals surface area contributed by atoms with Crippen molar-refractivity contribution in [1.82, 2.24) is 4.98 Å². The fraction of sp³-hybridized carbons (Fsp3) is 0.200. The van der Waals surface area contributed by atoms with E-state index < -0.39 is 24.1 Å². The van der Waals surface area contributed by atoms with Crippen molar-refractivity contribution < 1.29 is 27.4 Å². The van der Waals surface area contributed by atoms with Crippen LogP contribution in [0.5, 0.6) is 5.75 Å². The second-order valence-electron chi connectivity index (χ2n) is 6.60. The molecule has 1 aliphatic rings. The summed E-state index contributed by atoms with van der Waals surface area (Å²) in [6, 6.07) is 11.8. The Balaban J connectivity index is 1.72. The molecule has 0 saturated heterocycles. The number of hydrogen-bond donors (Lipinski definition) is 1. The number of thiazole rings is 1. The van der Waals surface area contributed by atoms with E-state index in [1.165, 1.54) is 19.2 Å². The average Bonchev–Trinajstić information content (AvgIpc) is 3.33. The van der Waals surface area contributed by atoms with Crippen LogP contribution in [-0.2, 0) is 0 Å². The molecule has 1 N–H and O–H groups in total. The van der Waals surface area contributed by atoms with Gasteiger partial charge in [0.05, 0.1) is 24.9 Å². The summed E-state index contributed by atoms with van der Waals surface area (Å²) in [5, 5.41) is 16.5. The molecule has 2 aromatic carbocycles. The van der Waals surface area contributed by atoms with Gasteiger partial charge in [-0.2, -0.15) is 23.3 Å². The lowest BCUT2D eigenvalue weighted by Gasteiger charge is -2.32. The predicted octanol–water partition coefficient (Wildman–Crippen LogP) is 4.82. The summed E-state index contributed by atoms with van der Waals surface area (Å²) in [5.74, 6) is 0.109. The normalized spacial score (nSPS) is 19.1. The molecule has 30 heavy (non-hydrogen) atoms. The molecule has 0 bridgehead atoms. The lowest BCUT2D eigenvalue weighted by atomic mass is 10.0. The smallest absolute Gasteiger partial charge is 0.438 e. The van der Waals surface area contributed by atoms with E-state index >= 15 is 0 Å². The summed E-state index contributed by atoms with van der Waals surface area (Å²) >= 11 is 0.926. The van der Waals surface area contributed by atoms with Gasteiger partial charge in [0.15, 0.2) is 0 Å². The van der Waals surface area contributed by atoms with E-state index in [0.29, 0.717) is 22.0 Å². The Labute approximate surface area is 172 Å². The fourth-order valence-electron chi connectivity index (χ4n) is 3.03. The minimum Gasteiger partial charge on any atom is -0.497 e. The van der Waals surface area contributed by atoms with Gasteiger partial charge in [0.25, 0.3) is 5.72 Å². The highest BCUT2D eigenvalue weighted by molar-refractivity contribution is 7.14. The lowest BCUT2D eigenvalue weighted by molar-refractivity contribution is -0.254. The lowest BCUT2D eigenvalue weighted by Crippen LogP contribution is -2.55. The van der Waals surface area contributed by atoms with Crippen molar-refractivity contribution in [2.75, 3.05) is 12.1 Å². The van der Waals surface area contributed by atoms with Crippen LogP contribution in [-0.4, -0.2) is 34.8 Å². The summed E-state index contributed by atoms with van der Waals surface area (Å²) in [6.45, 7) is 0. The molecule has 5 nitrogen and oxygen atoms in total. The van der Waals surface area contributed by atoms with Gasteiger partial charge in [-0.3, -0.25) is 0 Å². The van der Waals surface area contributed by atoms with Crippen LogP contribution < -0.4 is 9.75 Å². The zero-order valence-electron chi connectivity index (χ0n) is 15.5. The topological polar surface area (TPSA) is 58.0 Å². The number of anilines is 1. The van der Waals surface area contributed by atoms with Gasteiger partial charge < -0.3 is 9.84 Å². The first-order chi connectivity index (χ1) is 14.2. The molecule has 0 spiro atoms. The monoisotopic (exact) mass is 437 g/mol. The third kappa shape index (κ3) is 3.52. The highest BCUT2D eigenvalue weighted by Gasteiger charge is 2.62. The Morgan fingerprint density at radius 1 is 1.07 bits per heavy atom. The summed E-state index contributed by atoms with van der Waals surface area (Å²) in [7, 11) is 1.53. The number of ether oxygens (including phenoxy) is 1. The predicted molar refractivity (Wildman–Crippen MR) is 105 cm³/mol. The van der Waals surface area contributed by atoms with E-state index in [9.17, 15) is 22.7 Å². The number of alkyl halides is 3. The number of hydrogen-bond acceptors (Lipinski definition) is 6. The number of nitrogens with zero attached hydrogens (tertiary/aromatic N) is 3. The van der Waals surface area contributed by atoms with Crippen LogP contribution in [0.15, 0.2) is 59.0 Å². The molecule has 156 valence electrons. The molecule has 3 aromatic rings. The second kappa shape index (κ2) is 7.37. The Morgan fingerprint density at radius 3 is 2.30 bits per heavy atom. The van der Waals surface area contributed by atoms with Gasteiger partial charge in [0, 0.05) is 10.9 Å². The van der Waals surface area contributed by atoms with Crippen LogP contribution in [0.4, 0.5) is 22.7 Å². The third-order valence-electron chi connectivity index (χ3n) is 4.68. The van der Waals surface area contributed by atoms with Crippen LogP contribution in [0.3, 0.4) is 0 Å². The summed E-state index contributed by atoms with van der Waals surface area (Å²) in [4.78, 5) is 4.25. The fourth-order valence-corrected chi connectivity index (χ4v) is 3.88. The second-order valence-corrected chi connectivity index (χ2v) is 7.44. The van der Waals surface area contributed by atoms with Crippen LogP contribution in [0.25, 0.3) is 11.3 Å². The first-order valence-electron chi connectivity index (χ1n) is 8.74. The highest BCUT2D eigenvalue weighted by Crippen LogP contribution is 2.45. The maximum Gasteiger partial charge on any atom is 0.438 e. The van der Waals surface area contributed by atoms with Crippen molar-refractivity contribution in [2.45, 2.75) is 18.3 Å². The van der Waals surface area contributed by atoms with Crippen molar-refractivity contribution in [2.24, 2.45) is 5.10 Å². The number of rotatable bonds is 4. The van der Waals surface area contributed by atoms with E-state index in [1.807, 2.05) is 0 Å². The van der Waals surface area contributed by atoms with Gasteiger partial charge in [-0.05, 0) is 42.0 Å². The molecule has 1 aliphatic heterocycles. The number of hydrazone groups is 1. The molecule has 0 fully saturated rings. The van der Waals surface area contributed by atoms with E-state index in [1.54, 1.807) is 29.6 Å².